The lowest BCUT2D eigenvalue weighted by Crippen LogP contribution is -2.44. The van der Waals surface area contributed by atoms with E-state index in [-0.39, 0.29) is 37.1 Å². The molecule has 1 fully saturated rings. The number of piperidine rings is 1. The summed E-state index contributed by atoms with van der Waals surface area (Å²) in [5, 5.41) is 11.0. The molecule has 1 aromatic heterocycles. The highest BCUT2D eigenvalue weighted by Gasteiger charge is 2.28. The van der Waals surface area contributed by atoms with Gasteiger partial charge in [-0.15, -0.1) is 11.3 Å². The molecule has 142 valence electrons. The number of amides is 2. The lowest BCUT2D eigenvalue weighted by molar-refractivity contribution is -0.141. The van der Waals surface area contributed by atoms with E-state index in [4.69, 9.17) is 5.11 Å². The van der Waals surface area contributed by atoms with Crippen molar-refractivity contribution in [3.05, 3.63) is 21.9 Å². The number of hydrogen-bond acceptors (Lipinski definition) is 4. The maximum atomic E-state index is 12.6. The molecule has 0 radical (unpaired) electrons. The maximum Gasteiger partial charge on any atom is 0.303 e. The van der Waals surface area contributed by atoms with E-state index in [1.165, 1.54) is 10.4 Å². The number of likely N-dealkylation sites (tertiary alicyclic amines) is 1. The van der Waals surface area contributed by atoms with Gasteiger partial charge in [-0.2, -0.15) is 0 Å². The minimum atomic E-state index is -0.823. The number of thiophene rings is 1. The van der Waals surface area contributed by atoms with Crippen LogP contribution in [0.15, 0.2) is 11.4 Å². The Morgan fingerprint density at radius 2 is 1.92 bits per heavy atom. The third-order valence-electron chi connectivity index (χ3n) is 5.35. The van der Waals surface area contributed by atoms with Gasteiger partial charge in [-0.25, -0.2) is 0 Å². The number of rotatable bonds is 6. The fraction of sp³-hybridized carbons (Fsp3) is 0.632. The molecule has 1 N–H and O–H groups in total. The zero-order valence-corrected chi connectivity index (χ0v) is 15.8. The zero-order valence-electron chi connectivity index (χ0n) is 15.0. The van der Waals surface area contributed by atoms with E-state index in [1.54, 1.807) is 11.3 Å². The van der Waals surface area contributed by atoms with Crippen LogP contribution in [0.1, 0.15) is 55.4 Å². The van der Waals surface area contributed by atoms with Crippen LogP contribution >= 0.6 is 11.3 Å². The zero-order chi connectivity index (χ0) is 18.5. The number of carbonyl (C=O) groups is 3. The molecule has 1 unspecified atom stereocenters. The van der Waals surface area contributed by atoms with Gasteiger partial charge in [-0.3, -0.25) is 14.4 Å². The van der Waals surface area contributed by atoms with Crippen LogP contribution < -0.4 is 0 Å². The molecule has 7 heteroatoms. The van der Waals surface area contributed by atoms with Crippen LogP contribution in [0.5, 0.6) is 0 Å². The Morgan fingerprint density at radius 1 is 1.12 bits per heavy atom. The number of nitrogens with zero attached hydrogens (tertiary/aromatic N) is 2. The van der Waals surface area contributed by atoms with Gasteiger partial charge in [0.05, 0.1) is 0 Å². The van der Waals surface area contributed by atoms with Crippen LogP contribution in [-0.2, 0) is 27.3 Å². The third kappa shape index (κ3) is 4.63. The van der Waals surface area contributed by atoms with Crippen LogP contribution in [0, 0.1) is 0 Å². The molecule has 2 aliphatic heterocycles. The number of carboxylic acid groups (broad SMARTS) is 1. The summed E-state index contributed by atoms with van der Waals surface area (Å²) < 4.78 is 0. The van der Waals surface area contributed by atoms with Gasteiger partial charge in [0.15, 0.2) is 0 Å². The molecule has 1 atom stereocenters. The Morgan fingerprint density at radius 3 is 2.73 bits per heavy atom. The van der Waals surface area contributed by atoms with Crippen LogP contribution in [0.2, 0.25) is 0 Å². The quantitative estimate of drug-likeness (QED) is 0.825. The average Bonchev–Trinajstić information content (AvgIpc) is 3.12. The summed E-state index contributed by atoms with van der Waals surface area (Å²) >= 11 is 1.74. The van der Waals surface area contributed by atoms with Gasteiger partial charge in [-0.05, 0) is 49.1 Å². The molecular weight excluding hydrogens is 352 g/mol. The molecule has 0 saturated carbocycles. The molecule has 3 rings (SSSR count). The van der Waals surface area contributed by atoms with Gasteiger partial charge in [-0.1, -0.05) is 0 Å². The van der Waals surface area contributed by atoms with Crippen LogP contribution in [-0.4, -0.2) is 51.8 Å². The second-order valence-corrected chi connectivity index (χ2v) is 8.10. The number of fused-ring (bicyclic) bond motifs is 1. The Hall–Kier alpha value is -1.89. The van der Waals surface area contributed by atoms with Crippen molar-refractivity contribution in [2.24, 2.45) is 0 Å². The number of carboxylic acids is 1. The molecule has 0 aliphatic carbocycles. The van der Waals surface area contributed by atoms with E-state index in [9.17, 15) is 14.4 Å². The summed E-state index contributed by atoms with van der Waals surface area (Å²) in [5.74, 6) is -0.799. The predicted molar refractivity (Wildman–Crippen MR) is 98.9 cm³/mol. The van der Waals surface area contributed by atoms with Gasteiger partial charge in [0.1, 0.15) is 0 Å². The maximum absolute atomic E-state index is 12.6. The number of hydrogen-bond donors (Lipinski definition) is 1. The minimum Gasteiger partial charge on any atom is -0.481 e. The summed E-state index contributed by atoms with van der Waals surface area (Å²) in [6, 6.07) is 2.08. The standard InChI is InChI=1S/C19H26N2O4S/c22-17(20-11-8-16-14(13-20)9-12-26-16)5-6-18(23)21-10-2-1-3-15(21)4-7-19(24)25/h9,12,15H,1-8,10-11,13H2,(H,24,25). The fourth-order valence-electron chi connectivity index (χ4n) is 3.90. The molecule has 0 bridgehead atoms. The Bertz CT molecular complexity index is 672. The first-order valence-electron chi connectivity index (χ1n) is 9.39. The van der Waals surface area contributed by atoms with Crippen LogP contribution in [0.4, 0.5) is 0 Å². The first-order chi connectivity index (χ1) is 12.5. The van der Waals surface area contributed by atoms with E-state index < -0.39 is 5.97 Å². The number of carbonyl (C=O) groups excluding carboxylic acids is 2. The smallest absolute Gasteiger partial charge is 0.303 e. The summed E-state index contributed by atoms with van der Waals surface area (Å²) in [5.41, 5.74) is 1.23. The van der Waals surface area contributed by atoms with Gasteiger partial charge in [0.25, 0.3) is 0 Å². The van der Waals surface area contributed by atoms with E-state index in [1.807, 2.05) is 9.80 Å². The first-order valence-corrected chi connectivity index (χ1v) is 10.3. The second-order valence-electron chi connectivity index (χ2n) is 7.10. The van der Waals surface area contributed by atoms with Gasteiger partial charge in [0.2, 0.25) is 11.8 Å². The van der Waals surface area contributed by atoms with Gasteiger partial charge >= 0.3 is 5.97 Å². The summed E-state index contributed by atoms with van der Waals surface area (Å²) in [4.78, 5) is 40.9. The summed E-state index contributed by atoms with van der Waals surface area (Å²) in [6.45, 7) is 2.06. The highest BCUT2D eigenvalue weighted by molar-refractivity contribution is 7.10. The molecule has 0 aromatic carbocycles. The number of aliphatic carboxylic acids is 1. The fourth-order valence-corrected chi connectivity index (χ4v) is 4.79. The van der Waals surface area contributed by atoms with Crippen molar-refractivity contribution < 1.29 is 19.5 Å². The highest BCUT2D eigenvalue weighted by atomic mass is 32.1. The van der Waals surface area contributed by atoms with E-state index in [0.717, 1.165) is 32.2 Å². The van der Waals surface area contributed by atoms with Crippen molar-refractivity contribution in [2.75, 3.05) is 13.1 Å². The van der Waals surface area contributed by atoms with E-state index in [2.05, 4.69) is 11.4 Å². The molecule has 3 heterocycles. The molecule has 2 amide bonds. The summed E-state index contributed by atoms with van der Waals surface area (Å²) in [6.07, 6.45) is 4.79. The Balaban J connectivity index is 1.49. The van der Waals surface area contributed by atoms with Crippen molar-refractivity contribution in [3.63, 3.8) is 0 Å². The van der Waals surface area contributed by atoms with E-state index in [0.29, 0.717) is 19.5 Å². The van der Waals surface area contributed by atoms with Crippen molar-refractivity contribution in [3.8, 4) is 0 Å². The lowest BCUT2D eigenvalue weighted by Gasteiger charge is -2.36. The van der Waals surface area contributed by atoms with Crippen molar-refractivity contribution >= 4 is 29.1 Å². The largest absolute Gasteiger partial charge is 0.481 e. The van der Waals surface area contributed by atoms with Gasteiger partial charge < -0.3 is 14.9 Å². The Kier molecular flexibility index (Phi) is 6.29. The van der Waals surface area contributed by atoms with Crippen LogP contribution in [0.25, 0.3) is 0 Å². The molecule has 1 aromatic rings. The lowest BCUT2D eigenvalue weighted by atomic mass is 9.97. The summed E-state index contributed by atoms with van der Waals surface area (Å²) in [7, 11) is 0. The van der Waals surface area contributed by atoms with Gasteiger partial charge in [0, 0.05) is 49.8 Å². The molecule has 26 heavy (non-hydrogen) atoms. The van der Waals surface area contributed by atoms with Crippen molar-refractivity contribution in [2.45, 2.75) is 64.0 Å². The van der Waals surface area contributed by atoms with E-state index >= 15 is 0 Å². The molecule has 6 nitrogen and oxygen atoms in total. The second kappa shape index (κ2) is 8.66. The Labute approximate surface area is 157 Å². The monoisotopic (exact) mass is 378 g/mol. The first kappa shape index (κ1) is 18.9. The van der Waals surface area contributed by atoms with Crippen molar-refractivity contribution in [1.29, 1.82) is 0 Å². The van der Waals surface area contributed by atoms with Crippen molar-refractivity contribution in [1.82, 2.24) is 9.80 Å². The topological polar surface area (TPSA) is 77.9 Å². The molecule has 0 spiro atoms. The average molecular weight is 378 g/mol. The normalized spacial score (nSPS) is 19.9. The third-order valence-corrected chi connectivity index (χ3v) is 6.38. The minimum absolute atomic E-state index is 0.00537. The molecular formula is C19H26N2O4S. The molecule has 1 saturated heterocycles. The molecule has 2 aliphatic rings. The SMILES string of the molecule is O=C(O)CCC1CCCCN1C(=O)CCC(=O)N1CCc2sccc2C1. The van der Waals surface area contributed by atoms with Crippen LogP contribution in [0.3, 0.4) is 0 Å². The highest BCUT2D eigenvalue weighted by Crippen LogP contribution is 2.25. The predicted octanol–water partition coefficient (Wildman–Crippen LogP) is 2.66.